The van der Waals surface area contributed by atoms with Crippen molar-refractivity contribution >= 4 is 40.9 Å². The van der Waals surface area contributed by atoms with Crippen LogP contribution < -0.4 is 5.32 Å². The molecule has 4 nitrogen and oxygen atoms in total. The van der Waals surface area contributed by atoms with E-state index in [0.29, 0.717) is 10.7 Å². The lowest BCUT2D eigenvalue weighted by molar-refractivity contribution is -0.139. The summed E-state index contributed by atoms with van der Waals surface area (Å²) in [5.74, 6) is -1.13. The topological polar surface area (TPSA) is 66.4 Å². The molecule has 0 bridgehead atoms. The van der Waals surface area contributed by atoms with Gasteiger partial charge in [0.2, 0.25) is 5.91 Å². The Bertz CT molecular complexity index is 517. The van der Waals surface area contributed by atoms with Gasteiger partial charge < -0.3 is 10.4 Å². The Kier molecular flexibility index (Phi) is 5.89. The Labute approximate surface area is 127 Å². The number of hydrogen-bond donors (Lipinski definition) is 2. The van der Waals surface area contributed by atoms with Crippen LogP contribution in [0.15, 0.2) is 23.1 Å². The highest BCUT2D eigenvalue weighted by molar-refractivity contribution is 7.98. The van der Waals surface area contributed by atoms with Crippen LogP contribution in [-0.2, 0) is 9.59 Å². The zero-order chi connectivity index (χ0) is 15.3. The van der Waals surface area contributed by atoms with Crippen molar-refractivity contribution in [1.29, 1.82) is 0 Å². The monoisotopic (exact) mass is 315 g/mol. The highest BCUT2D eigenvalue weighted by atomic mass is 35.5. The molecule has 2 N–H and O–H groups in total. The lowest BCUT2D eigenvalue weighted by atomic mass is 9.85. The van der Waals surface area contributed by atoms with Crippen LogP contribution in [0.5, 0.6) is 0 Å². The van der Waals surface area contributed by atoms with Gasteiger partial charge in [-0.2, -0.15) is 0 Å². The maximum absolute atomic E-state index is 11.9. The second kappa shape index (κ2) is 6.99. The molecule has 0 aliphatic heterocycles. The third-order valence-corrected chi connectivity index (χ3v) is 3.93. The molecule has 0 aliphatic rings. The first-order chi connectivity index (χ1) is 9.23. The average molecular weight is 316 g/mol. The number of hydrogen-bond acceptors (Lipinski definition) is 3. The maximum Gasteiger partial charge on any atom is 0.303 e. The van der Waals surface area contributed by atoms with Crippen molar-refractivity contribution in [3.8, 4) is 0 Å². The second-order valence-corrected chi connectivity index (χ2v) is 6.56. The molecule has 0 unspecified atom stereocenters. The third-order valence-electron chi connectivity index (χ3n) is 2.70. The van der Waals surface area contributed by atoms with Crippen LogP contribution in [-0.4, -0.2) is 23.2 Å². The van der Waals surface area contributed by atoms with Gasteiger partial charge in [0, 0.05) is 17.0 Å². The third kappa shape index (κ3) is 5.43. The van der Waals surface area contributed by atoms with Crippen LogP contribution in [0, 0.1) is 5.41 Å². The lowest BCUT2D eigenvalue weighted by Crippen LogP contribution is -2.24. The molecule has 0 spiro atoms. The van der Waals surface area contributed by atoms with E-state index in [2.05, 4.69) is 5.32 Å². The highest BCUT2D eigenvalue weighted by Crippen LogP contribution is 2.29. The Balaban J connectivity index is 2.67. The van der Waals surface area contributed by atoms with Crippen LogP contribution in [0.4, 0.5) is 5.69 Å². The average Bonchev–Trinajstić information content (AvgIpc) is 2.25. The number of anilines is 1. The number of amides is 1. The standard InChI is InChI=1S/C14H18ClNO3S/c1-14(2,8-13(18)19)7-12(17)16-9-4-5-11(20-3)10(15)6-9/h4-6H,7-8H2,1-3H3,(H,16,17)(H,18,19). The molecular formula is C14H18ClNO3S. The van der Waals surface area contributed by atoms with E-state index >= 15 is 0 Å². The molecule has 0 atom stereocenters. The summed E-state index contributed by atoms with van der Waals surface area (Å²) >= 11 is 7.60. The number of benzene rings is 1. The van der Waals surface area contributed by atoms with Crippen molar-refractivity contribution in [2.75, 3.05) is 11.6 Å². The lowest BCUT2D eigenvalue weighted by Gasteiger charge is -2.21. The first kappa shape index (κ1) is 16.9. The summed E-state index contributed by atoms with van der Waals surface area (Å²) < 4.78 is 0. The second-order valence-electron chi connectivity index (χ2n) is 5.31. The molecule has 20 heavy (non-hydrogen) atoms. The Hall–Kier alpha value is -1.20. The summed E-state index contributed by atoms with van der Waals surface area (Å²) in [6.45, 7) is 3.51. The predicted octanol–water partition coefficient (Wildman–Crippen LogP) is 3.89. The number of carbonyl (C=O) groups is 2. The summed E-state index contributed by atoms with van der Waals surface area (Å²) in [6, 6.07) is 5.31. The van der Waals surface area contributed by atoms with E-state index in [9.17, 15) is 9.59 Å². The van der Waals surface area contributed by atoms with Crippen LogP contribution in [0.3, 0.4) is 0 Å². The molecule has 1 rings (SSSR count). The molecule has 1 aromatic rings. The maximum atomic E-state index is 11.9. The summed E-state index contributed by atoms with van der Waals surface area (Å²) in [4.78, 5) is 23.6. The molecule has 0 aromatic heterocycles. The fraction of sp³-hybridized carbons (Fsp3) is 0.429. The quantitative estimate of drug-likeness (QED) is 0.781. The number of carboxylic acids is 1. The van der Waals surface area contributed by atoms with Gasteiger partial charge in [0.1, 0.15) is 0 Å². The van der Waals surface area contributed by atoms with Gasteiger partial charge >= 0.3 is 5.97 Å². The van der Waals surface area contributed by atoms with Gasteiger partial charge in [-0.1, -0.05) is 25.4 Å². The number of nitrogens with one attached hydrogen (secondary N) is 1. The normalized spacial score (nSPS) is 11.2. The number of rotatable bonds is 6. The number of thioether (sulfide) groups is 1. The van der Waals surface area contributed by atoms with E-state index in [0.717, 1.165) is 4.90 Å². The zero-order valence-electron chi connectivity index (χ0n) is 11.7. The Morgan fingerprint density at radius 2 is 2.00 bits per heavy atom. The minimum atomic E-state index is -0.907. The number of carboxylic acid groups (broad SMARTS) is 1. The molecular weight excluding hydrogens is 298 g/mol. The van der Waals surface area contributed by atoms with Gasteiger partial charge in [-0.15, -0.1) is 11.8 Å². The van der Waals surface area contributed by atoms with Crippen molar-refractivity contribution in [1.82, 2.24) is 0 Å². The summed E-state index contributed by atoms with van der Waals surface area (Å²) in [5, 5.41) is 12.1. The van der Waals surface area contributed by atoms with Crippen molar-refractivity contribution in [2.45, 2.75) is 31.6 Å². The van der Waals surface area contributed by atoms with Gasteiger partial charge in [-0.25, -0.2) is 0 Å². The molecule has 0 radical (unpaired) electrons. The molecule has 0 heterocycles. The smallest absolute Gasteiger partial charge is 0.303 e. The molecule has 110 valence electrons. The molecule has 6 heteroatoms. The fourth-order valence-electron chi connectivity index (χ4n) is 1.86. The van der Waals surface area contributed by atoms with Crippen molar-refractivity contribution in [3.05, 3.63) is 23.2 Å². The number of halogens is 1. The van der Waals surface area contributed by atoms with Crippen LogP contribution in [0.2, 0.25) is 5.02 Å². The first-order valence-electron chi connectivity index (χ1n) is 6.09. The van der Waals surface area contributed by atoms with Crippen LogP contribution >= 0.6 is 23.4 Å². The van der Waals surface area contributed by atoms with Crippen molar-refractivity contribution < 1.29 is 14.7 Å². The fourth-order valence-corrected chi connectivity index (χ4v) is 2.73. The van der Waals surface area contributed by atoms with Crippen molar-refractivity contribution in [3.63, 3.8) is 0 Å². The molecule has 1 amide bonds. The molecule has 0 saturated heterocycles. The summed E-state index contributed by atoms with van der Waals surface area (Å²) in [7, 11) is 0. The Morgan fingerprint density at radius 3 is 2.50 bits per heavy atom. The Morgan fingerprint density at radius 1 is 1.35 bits per heavy atom. The first-order valence-corrected chi connectivity index (χ1v) is 7.69. The zero-order valence-corrected chi connectivity index (χ0v) is 13.3. The van der Waals surface area contributed by atoms with E-state index in [4.69, 9.17) is 16.7 Å². The molecule has 1 aromatic carbocycles. The van der Waals surface area contributed by atoms with Gasteiger partial charge in [-0.05, 0) is 29.9 Å². The van der Waals surface area contributed by atoms with Gasteiger partial charge in [0.15, 0.2) is 0 Å². The minimum absolute atomic E-state index is 0.0490. The van der Waals surface area contributed by atoms with Crippen LogP contribution in [0.25, 0.3) is 0 Å². The number of carbonyl (C=O) groups excluding carboxylic acids is 1. The van der Waals surface area contributed by atoms with E-state index in [1.165, 1.54) is 11.8 Å². The summed E-state index contributed by atoms with van der Waals surface area (Å²) in [5.41, 5.74) is 0.0303. The minimum Gasteiger partial charge on any atom is -0.481 e. The highest BCUT2D eigenvalue weighted by Gasteiger charge is 2.25. The molecule has 0 fully saturated rings. The van der Waals surface area contributed by atoms with E-state index in [1.807, 2.05) is 12.3 Å². The van der Waals surface area contributed by atoms with Crippen LogP contribution in [0.1, 0.15) is 26.7 Å². The van der Waals surface area contributed by atoms with E-state index in [1.54, 1.807) is 26.0 Å². The predicted molar refractivity (Wildman–Crippen MR) is 82.5 cm³/mol. The molecule has 0 aliphatic carbocycles. The van der Waals surface area contributed by atoms with Gasteiger partial charge in [0.05, 0.1) is 11.4 Å². The number of aliphatic carboxylic acids is 1. The van der Waals surface area contributed by atoms with E-state index < -0.39 is 11.4 Å². The summed E-state index contributed by atoms with van der Waals surface area (Å²) in [6.07, 6.45) is 2.02. The van der Waals surface area contributed by atoms with Crippen molar-refractivity contribution in [2.24, 2.45) is 5.41 Å². The van der Waals surface area contributed by atoms with Gasteiger partial charge in [-0.3, -0.25) is 9.59 Å². The SMILES string of the molecule is CSc1ccc(NC(=O)CC(C)(C)CC(=O)O)cc1Cl. The molecule has 0 saturated carbocycles. The largest absolute Gasteiger partial charge is 0.481 e. The van der Waals surface area contributed by atoms with Gasteiger partial charge in [0.25, 0.3) is 0 Å². The van der Waals surface area contributed by atoms with E-state index in [-0.39, 0.29) is 18.7 Å².